The molecule has 2 aromatic rings. The van der Waals surface area contributed by atoms with Crippen LogP contribution in [-0.4, -0.2) is 13.2 Å². The van der Waals surface area contributed by atoms with E-state index in [9.17, 15) is 0 Å². The van der Waals surface area contributed by atoms with E-state index in [1.807, 2.05) is 18.2 Å². The maximum absolute atomic E-state index is 5.98. The van der Waals surface area contributed by atoms with Gasteiger partial charge in [-0.15, -0.1) is 0 Å². The van der Waals surface area contributed by atoms with Gasteiger partial charge >= 0.3 is 0 Å². The lowest BCUT2D eigenvalue weighted by molar-refractivity contribution is 0.243. The maximum atomic E-state index is 5.98. The van der Waals surface area contributed by atoms with Crippen LogP contribution in [0.3, 0.4) is 0 Å². The predicted octanol–water partition coefficient (Wildman–Crippen LogP) is 3.97. The topological polar surface area (TPSA) is 35.2 Å². The highest BCUT2D eigenvalue weighted by Gasteiger charge is 2.12. The third kappa shape index (κ3) is 4.24. The summed E-state index contributed by atoms with van der Waals surface area (Å²) in [4.78, 5) is 0. The molecule has 2 rings (SSSR count). The van der Waals surface area contributed by atoms with Gasteiger partial charge < -0.3 is 10.5 Å². The molecule has 21 heavy (non-hydrogen) atoms. The van der Waals surface area contributed by atoms with Crippen LogP contribution in [0.15, 0.2) is 36.4 Å². The van der Waals surface area contributed by atoms with Crippen molar-refractivity contribution in [2.24, 2.45) is 11.1 Å². The van der Waals surface area contributed by atoms with Crippen LogP contribution in [0.4, 0.5) is 0 Å². The zero-order valence-corrected chi connectivity index (χ0v) is 13.1. The molecule has 0 spiro atoms. The Morgan fingerprint density at radius 1 is 1.10 bits per heavy atom. The molecule has 0 unspecified atom stereocenters. The van der Waals surface area contributed by atoms with Crippen LogP contribution >= 0.6 is 0 Å². The van der Waals surface area contributed by atoms with Gasteiger partial charge in [0.2, 0.25) is 0 Å². The van der Waals surface area contributed by atoms with Gasteiger partial charge in [0, 0.05) is 5.39 Å². The molecule has 2 nitrogen and oxygen atoms in total. The van der Waals surface area contributed by atoms with Crippen molar-refractivity contribution >= 4 is 10.8 Å². The summed E-state index contributed by atoms with van der Waals surface area (Å²) in [7, 11) is 0. The van der Waals surface area contributed by atoms with Crippen molar-refractivity contribution in [2.45, 2.75) is 27.2 Å². The van der Waals surface area contributed by atoms with E-state index in [0.717, 1.165) is 23.1 Å². The third-order valence-corrected chi connectivity index (χ3v) is 3.32. The molecule has 0 amide bonds. The fourth-order valence-corrected chi connectivity index (χ4v) is 2.11. The highest BCUT2D eigenvalue weighted by Crippen LogP contribution is 2.28. The molecule has 0 bridgehead atoms. The zero-order chi connectivity index (χ0) is 15.3. The van der Waals surface area contributed by atoms with E-state index in [0.29, 0.717) is 13.2 Å². The van der Waals surface area contributed by atoms with E-state index in [1.54, 1.807) is 0 Å². The maximum Gasteiger partial charge on any atom is 0.135 e. The molecule has 0 aliphatic rings. The van der Waals surface area contributed by atoms with Crippen LogP contribution in [0.1, 0.15) is 32.8 Å². The van der Waals surface area contributed by atoms with Crippen molar-refractivity contribution in [3.63, 3.8) is 0 Å². The number of hydrogen-bond donors (Lipinski definition) is 1. The van der Waals surface area contributed by atoms with Crippen molar-refractivity contribution < 1.29 is 4.74 Å². The number of ether oxygens (including phenoxy) is 1. The summed E-state index contributed by atoms with van der Waals surface area (Å²) in [6.45, 7) is 7.69. The van der Waals surface area contributed by atoms with Crippen LogP contribution in [0.2, 0.25) is 0 Å². The van der Waals surface area contributed by atoms with Crippen LogP contribution in [-0.2, 0) is 0 Å². The summed E-state index contributed by atoms with van der Waals surface area (Å²) in [5.74, 6) is 6.95. The Morgan fingerprint density at radius 2 is 1.86 bits per heavy atom. The second kappa shape index (κ2) is 6.65. The number of benzene rings is 2. The number of hydrogen-bond acceptors (Lipinski definition) is 2. The van der Waals surface area contributed by atoms with Crippen molar-refractivity contribution in [3.8, 4) is 17.6 Å². The summed E-state index contributed by atoms with van der Waals surface area (Å²) < 4.78 is 5.98. The molecule has 110 valence electrons. The zero-order valence-electron chi connectivity index (χ0n) is 13.1. The minimum atomic E-state index is 0.264. The standard InChI is InChI=1S/C19H23NO/c1-19(2,3)12-14-21-18-11-10-15-7-4-5-8-16(15)17(18)9-6-13-20/h4-5,7-8,10-11H,12-14,20H2,1-3H3. The number of fused-ring (bicyclic) bond motifs is 1. The van der Waals surface area contributed by atoms with Crippen molar-refractivity contribution in [1.29, 1.82) is 0 Å². The fourth-order valence-electron chi connectivity index (χ4n) is 2.11. The lowest BCUT2D eigenvalue weighted by Crippen LogP contribution is -2.11. The van der Waals surface area contributed by atoms with Gasteiger partial charge in [-0.1, -0.05) is 62.9 Å². The first kappa shape index (κ1) is 15.4. The van der Waals surface area contributed by atoms with Gasteiger partial charge in [-0.25, -0.2) is 0 Å². The van der Waals surface area contributed by atoms with Crippen LogP contribution in [0, 0.1) is 17.3 Å². The Hall–Kier alpha value is -1.98. The van der Waals surface area contributed by atoms with Crippen molar-refractivity contribution in [1.82, 2.24) is 0 Å². The largest absolute Gasteiger partial charge is 0.492 e. The van der Waals surface area contributed by atoms with Gasteiger partial charge in [0.1, 0.15) is 5.75 Å². The molecule has 0 radical (unpaired) electrons. The first-order chi connectivity index (χ1) is 10.0. The predicted molar refractivity (Wildman–Crippen MR) is 89.4 cm³/mol. The normalized spacial score (nSPS) is 11.0. The molecule has 2 aromatic carbocycles. The van der Waals surface area contributed by atoms with Crippen LogP contribution in [0.5, 0.6) is 5.75 Å². The summed E-state index contributed by atoms with van der Waals surface area (Å²) in [6, 6.07) is 12.3. The Kier molecular flexibility index (Phi) is 4.88. The first-order valence-corrected chi connectivity index (χ1v) is 7.35. The Morgan fingerprint density at radius 3 is 2.57 bits per heavy atom. The van der Waals surface area contributed by atoms with E-state index >= 15 is 0 Å². The Labute approximate surface area is 127 Å². The summed E-state index contributed by atoms with van der Waals surface area (Å²) in [6.07, 6.45) is 1.00. The second-order valence-electron chi connectivity index (χ2n) is 6.32. The minimum Gasteiger partial charge on any atom is -0.492 e. The number of nitrogens with two attached hydrogens (primary N) is 1. The third-order valence-electron chi connectivity index (χ3n) is 3.32. The molecule has 0 aliphatic heterocycles. The molecule has 2 N–H and O–H groups in total. The highest BCUT2D eigenvalue weighted by molar-refractivity contribution is 5.90. The Bertz CT molecular complexity index is 671. The quantitative estimate of drug-likeness (QED) is 0.864. The van der Waals surface area contributed by atoms with Crippen molar-refractivity contribution in [2.75, 3.05) is 13.2 Å². The summed E-state index contributed by atoms with van der Waals surface area (Å²) >= 11 is 0. The first-order valence-electron chi connectivity index (χ1n) is 7.35. The van der Waals surface area contributed by atoms with Crippen LogP contribution in [0.25, 0.3) is 10.8 Å². The van der Waals surface area contributed by atoms with Gasteiger partial charge in [-0.2, -0.15) is 0 Å². The molecular formula is C19H23NO. The SMILES string of the molecule is CC(C)(C)CCOc1ccc2ccccc2c1C#CCN. The van der Waals surface area contributed by atoms with E-state index in [-0.39, 0.29) is 5.41 Å². The van der Waals surface area contributed by atoms with Gasteiger partial charge in [-0.3, -0.25) is 0 Å². The smallest absolute Gasteiger partial charge is 0.135 e. The molecule has 0 heterocycles. The summed E-state index contributed by atoms with van der Waals surface area (Å²) in [5.41, 5.74) is 6.71. The van der Waals surface area contributed by atoms with E-state index in [1.165, 1.54) is 5.39 Å². The Balaban J connectivity index is 2.34. The minimum absolute atomic E-state index is 0.264. The molecule has 0 fully saturated rings. The second-order valence-corrected chi connectivity index (χ2v) is 6.32. The molecule has 0 atom stereocenters. The molecule has 2 heteroatoms. The fraction of sp³-hybridized carbons (Fsp3) is 0.368. The molecular weight excluding hydrogens is 258 g/mol. The molecule has 0 aromatic heterocycles. The highest BCUT2D eigenvalue weighted by atomic mass is 16.5. The van der Waals surface area contributed by atoms with Crippen molar-refractivity contribution in [3.05, 3.63) is 42.0 Å². The monoisotopic (exact) mass is 281 g/mol. The van der Waals surface area contributed by atoms with Gasteiger partial charge in [0.25, 0.3) is 0 Å². The summed E-state index contributed by atoms with van der Waals surface area (Å²) in [5, 5.41) is 2.29. The average molecular weight is 281 g/mol. The average Bonchev–Trinajstić information content (AvgIpc) is 2.44. The van der Waals surface area contributed by atoms with E-state index in [2.05, 4.69) is 50.8 Å². The molecule has 0 saturated carbocycles. The van der Waals surface area contributed by atoms with E-state index in [4.69, 9.17) is 10.5 Å². The molecule has 0 saturated heterocycles. The van der Waals surface area contributed by atoms with Crippen LogP contribution < -0.4 is 10.5 Å². The van der Waals surface area contributed by atoms with Gasteiger partial charge in [0.15, 0.2) is 0 Å². The van der Waals surface area contributed by atoms with Gasteiger partial charge in [-0.05, 0) is 23.3 Å². The van der Waals surface area contributed by atoms with E-state index < -0.39 is 0 Å². The number of rotatable bonds is 3. The lowest BCUT2D eigenvalue weighted by Gasteiger charge is -2.19. The molecule has 0 aliphatic carbocycles. The lowest BCUT2D eigenvalue weighted by atomic mass is 9.93. The van der Waals surface area contributed by atoms with Gasteiger partial charge in [0.05, 0.1) is 18.7 Å².